The van der Waals surface area contributed by atoms with Crippen molar-refractivity contribution in [3.63, 3.8) is 0 Å². The summed E-state index contributed by atoms with van der Waals surface area (Å²) in [5.74, 6) is -0.296. The van der Waals surface area contributed by atoms with Crippen molar-refractivity contribution in [2.24, 2.45) is 0 Å². The number of carbonyl (C=O) groups is 1. The summed E-state index contributed by atoms with van der Waals surface area (Å²) in [6, 6.07) is 11.5. The Bertz CT molecular complexity index is 1090. The Morgan fingerprint density at radius 2 is 1.90 bits per heavy atom. The second-order valence-corrected chi connectivity index (χ2v) is 7.85. The molecule has 31 heavy (non-hydrogen) atoms. The topological polar surface area (TPSA) is 93.7 Å². The van der Waals surface area contributed by atoms with E-state index >= 15 is 0 Å². The van der Waals surface area contributed by atoms with Gasteiger partial charge in [0.15, 0.2) is 0 Å². The second kappa shape index (κ2) is 9.01. The third-order valence-electron chi connectivity index (χ3n) is 5.55. The van der Waals surface area contributed by atoms with Crippen molar-refractivity contribution in [3.05, 3.63) is 69.4 Å². The van der Waals surface area contributed by atoms with Gasteiger partial charge in [0.25, 0.3) is 5.69 Å². The average molecular weight is 444 g/mol. The Labute approximate surface area is 183 Å². The molecule has 0 N–H and O–H groups in total. The molecule has 0 radical (unpaired) electrons. The molecule has 0 spiro atoms. The molecule has 1 unspecified atom stereocenters. The number of hydrogen-bond acceptors (Lipinski definition) is 7. The number of aromatic nitrogens is 2. The largest absolute Gasteiger partial charge is 0.468 e. The molecule has 0 bridgehead atoms. The first-order chi connectivity index (χ1) is 15.0. The van der Waals surface area contributed by atoms with Crippen molar-refractivity contribution >= 4 is 34.2 Å². The van der Waals surface area contributed by atoms with E-state index in [9.17, 15) is 14.9 Å². The molecular weight excluding hydrogens is 422 g/mol. The molecule has 1 aliphatic heterocycles. The highest BCUT2D eigenvalue weighted by Gasteiger charge is 2.31. The van der Waals surface area contributed by atoms with Crippen LogP contribution in [0.25, 0.3) is 10.9 Å². The Kier molecular flexibility index (Phi) is 6.17. The van der Waals surface area contributed by atoms with E-state index in [1.165, 1.54) is 19.2 Å². The Morgan fingerprint density at radius 1 is 1.19 bits per heavy atom. The lowest BCUT2D eigenvalue weighted by molar-refractivity contribution is -0.384. The lowest BCUT2D eigenvalue weighted by Gasteiger charge is -2.38. The number of benzene rings is 2. The van der Waals surface area contributed by atoms with Crippen LogP contribution in [0.2, 0.25) is 5.02 Å². The summed E-state index contributed by atoms with van der Waals surface area (Å²) < 4.78 is 6.89. The van der Waals surface area contributed by atoms with E-state index in [4.69, 9.17) is 16.3 Å². The number of piperazine rings is 1. The van der Waals surface area contributed by atoms with E-state index in [0.29, 0.717) is 24.8 Å². The number of nitro benzene ring substituents is 1. The molecule has 162 valence electrons. The van der Waals surface area contributed by atoms with Crippen LogP contribution in [0.5, 0.6) is 0 Å². The smallest absolute Gasteiger partial charge is 0.327 e. The molecule has 0 amide bonds. The molecular formula is C21H22ClN5O4. The number of hydrogen-bond donors (Lipinski definition) is 0. The first kappa shape index (κ1) is 21.2. The van der Waals surface area contributed by atoms with Crippen LogP contribution in [0.15, 0.2) is 48.7 Å². The number of esters is 1. The van der Waals surface area contributed by atoms with Gasteiger partial charge in [0, 0.05) is 48.7 Å². The molecule has 2 aromatic carbocycles. The summed E-state index contributed by atoms with van der Waals surface area (Å²) in [6.07, 6.45) is 1.65. The fourth-order valence-corrected chi connectivity index (χ4v) is 4.03. The normalized spacial score (nSPS) is 16.3. The van der Waals surface area contributed by atoms with Crippen molar-refractivity contribution in [1.82, 2.24) is 19.6 Å². The number of nitrogens with zero attached hydrogens (tertiary/aromatic N) is 5. The number of carbonyl (C=O) groups excluding carboxylic acids is 1. The highest BCUT2D eigenvalue weighted by Crippen LogP contribution is 2.26. The number of rotatable bonds is 6. The maximum Gasteiger partial charge on any atom is 0.327 e. The van der Waals surface area contributed by atoms with E-state index in [1.54, 1.807) is 24.4 Å². The van der Waals surface area contributed by atoms with Crippen molar-refractivity contribution in [3.8, 4) is 0 Å². The van der Waals surface area contributed by atoms with E-state index in [2.05, 4.69) is 14.9 Å². The molecule has 0 saturated carbocycles. The molecule has 2 heterocycles. The molecule has 1 fully saturated rings. The van der Waals surface area contributed by atoms with Crippen LogP contribution >= 0.6 is 11.6 Å². The zero-order valence-corrected chi connectivity index (χ0v) is 17.7. The lowest BCUT2D eigenvalue weighted by atomic mass is 10.0. The number of nitro groups is 1. The van der Waals surface area contributed by atoms with Crippen LogP contribution in [0.4, 0.5) is 5.69 Å². The predicted octanol–water partition coefficient (Wildman–Crippen LogP) is 3.09. The first-order valence-corrected chi connectivity index (χ1v) is 10.2. The van der Waals surface area contributed by atoms with E-state index < -0.39 is 11.0 Å². The van der Waals surface area contributed by atoms with Gasteiger partial charge in [-0.3, -0.25) is 24.6 Å². The monoisotopic (exact) mass is 443 g/mol. The van der Waals surface area contributed by atoms with Gasteiger partial charge in [0.2, 0.25) is 0 Å². The zero-order chi connectivity index (χ0) is 22.0. The van der Waals surface area contributed by atoms with E-state index in [1.807, 2.05) is 16.8 Å². The molecule has 3 aromatic rings. The zero-order valence-electron chi connectivity index (χ0n) is 17.0. The fraction of sp³-hybridized carbons (Fsp3) is 0.333. The molecule has 1 atom stereocenters. The number of methoxy groups -OCH3 is 1. The lowest BCUT2D eigenvalue weighted by Crippen LogP contribution is -2.49. The van der Waals surface area contributed by atoms with Gasteiger partial charge in [-0.1, -0.05) is 23.7 Å². The molecule has 1 saturated heterocycles. The van der Waals surface area contributed by atoms with Gasteiger partial charge in [-0.15, -0.1) is 0 Å². The molecule has 9 nitrogen and oxygen atoms in total. The van der Waals surface area contributed by atoms with Gasteiger partial charge in [0.05, 0.1) is 30.4 Å². The summed E-state index contributed by atoms with van der Waals surface area (Å²) in [4.78, 5) is 27.4. The quantitative estimate of drug-likeness (QED) is 0.328. The van der Waals surface area contributed by atoms with Gasteiger partial charge >= 0.3 is 5.97 Å². The maximum atomic E-state index is 12.5. The van der Waals surface area contributed by atoms with Crippen LogP contribution in [0.1, 0.15) is 11.6 Å². The van der Waals surface area contributed by atoms with Gasteiger partial charge in [0.1, 0.15) is 6.04 Å². The summed E-state index contributed by atoms with van der Waals surface area (Å²) in [5, 5.41) is 16.7. The standard InChI is InChI=1S/C21H22ClN5O4/c1-31-21(28)20(15-2-4-17(22)5-3-15)25-10-8-24(9-11-25)14-26-19-7-6-18(27(29)30)12-16(19)13-23-26/h2-7,12-13,20H,8-11,14H2,1H3. The third-order valence-corrected chi connectivity index (χ3v) is 5.80. The van der Waals surface area contributed by atoms with Crippen LogP contribution < -0.4 is 0 Å². The van der Waals surface area contributed by atoms with Crippen LogP contribution in [0, 0.1) is 10.1 Å². The summed E-state index contributed by atoms with van der Waals surface area (Å²) >= 11 is 5.99. The summed E-state index contributed by atoms with van der Waals surface area (Å²) in [5.41, 5.74) is 1.75. The molecule has 0 aliphatic carbocycles. The first-order valence-electron chi connectivity index (χ1n) is 9.86. The molecule has 1 aliphatic rings. The van der Waals surface area contributed by atoms with Crippen LogP contribution in [0.3, 0.4) is 0 Å². The number of non-ortho nitro benzene ring substituents is 1. The van der Waals surface area contributed by atoms with Gasteiger partial charge in [-0.2, -0.15) is 5.10 Å². The Morgan fingerprint density at radius 3 is 2.55 bits per heavy atom. The maximum absolute atomic E-state index is 12.5. The summed E-state index contributed by atoms with van der Waals surface area (Å²) in [7, 11) is 1.40. The average Bonchev–Trinajstić information content (AvgIpc) is 3.18. The van der Waals surface area contributed by atoms with Crippen molar-refractivity contribution < 1.29 is 14.5 Å². The van der Waals surface area contributed by atoms with Crippen molar-refractivity contribution in [2.45, 2.75) is 12.7 Å². The second-order valence-electron chi connectivity index (χ2n) is 7.42. The third kappa shape index (κ3) is 4.53. The molecule has 10 heteroatoms. The minimum atomic E-state index is -0.476. The summed E-state index contributed by atoms with van der Waals surface area (Å²) in [6.45, 7) is 3.43. The minimum Gasteiger partial charge on any atom is -0.468 e. The van der Waals surface area contributed by atoms with Crippen LogP contribution in [-0.4, -0.2) is 63.8 Å². The number of halogens is 1. The predicted molar refractivity (Wildman–Crippen MR) is 116 cm³/mol. The van der Waals surface area contributed by atoms with Gasteiger partial charge in [-0.25, -0.2) is 4.79 Å². The Balaban J connectivity index is 1.44. The number of ether oxygens (including phenoxy) is 1. The highest BCUT2D eigenvalue weighted by atomic mass is 35.5. The Hall–Kier alpha value is -3.01. The van der Waals surface area contributed by atoms with Crippen LogP contribution in [-0.2, 0) is 16.2 Å². The van der Waals surface area contributed by atoms with E-state index in [0.717, 1.165) is 29.6 Å². The van der Waals surface area contributed by atoms with Crippen molar-refractivity contribution in [1.29, 1.82) is 0 Å². The molecule has 4 rings (SSSR count). The number of fused-ring (bicyclic) bond motifs is 1. The highest BCUT2D eigenvalue weighted by molar-refractivity contribution is 6.30. The van der Waals surface area contributed by atoms with E-state index in [-0.39, 0.29) is 11.7 Å². The SMILES string of the molecule is COC(=O)C(c1ccc(Cl)cc1)N1CCN(Cn2ncc3cc([N+](=O)[O-])ccc32)CC1. The van der Waals surface area contributed by atoms with Gasteiger partial charge < -0.3 is 4.74 Å². The fourth-order valence-electron chi connectivity index (χ4n) is 3.91. The minimum absolute atomic E-state index is 0.0525. The molecule has 1 aromatic heterocycles. The van der Waals surface area contributed by atoms with Gasteiger partial charge in [-0.05, 0) is 23.8 Å². The van der Waals surface area contributed by atoms with Crippen molar-refractivity contribution in [2.75, 3.05) is 33.3 Å².